The van der Waals surface area contributed by atoms with E-state index in [1.165, 1.54) is 0 Å². The van der Waals surface area contributed by atoms with Crippen LogP contribution in [0.4, 0.5) is 17.5 Å². The van der Waals surface area contributed by atoms with E-state index in [1.807, 2.05) is 54.7 Å². The number of imidazole rings is 1. The summed E-state index contributed by atoms with van der Waals surface area (Å²) in [4.78, 5) is 19.5. The van der Waals surface area contributed by atoms with Crippen LogP contribution in [0.25, 0.3) is 22.4 Å². The first kappa shape index (κ1) is 17.6. The third-order valence-electron chi connectivity index (χ3n) is 5.05. The molecule has 0 unspecified atom stereocenters. The van der Waals surface area contributed by atoms with E-state index in [0.29, 0.717) is 0 Å². The molecule has 1 aliphatic heterocycles. The largest absolute Gasteiger partial charge is 0.378 e. The smallest absolute Gasteiger partial charge is 0.205 e. The van der Waals surface area contributed by atoms with Crippen molar-refractivity contribution in [2.24, 2.45) is 0 Å². The second-order valence-corrected chi connectivity index (χ2v) is 7.10. The van der Waals surface area contributed by atoms with Crippen molar-refractivity contribution in [3.63, 3.8) is 0 Å². The molecule has 3 heterocycles. The molecule has 1 aliphatic rings. The SMILES string of the molecule is Cc1cnc(-c2ccc(Nc3nc4ccccc4[nH]3)cc2)nc1N1CCOCC1. The van der Waals surface area contributed by atoms with Gasteiger partial charge in [0.05, 0.1) is 24.2 Å². The Morgan fingerprint density at radius 1 is 1.00 bits per heavy atom. The number of hydrogen-bond acceptors (Lipinski definition) is 6. The Balaban J connectivity index is 1.37. The number of ether oxygens (including phenoxy) is 1. The van der Waals surface area contributed by atoms with Gasteiger partial charge in [-0.3, -0.25) is 0 Å². The van der Waals surface area contributed by atoms with E-state index < -0.39 is 0 Å². The third kappa shape index (κ3) is 3.64. The Hall–Kier alpha value is -3.45. The van der Waals surface area contributed by atoms with E-state index in [4.69, 9.17) is 9.72 Å². The van der Waals surface area contributed by atoms with Crippen LogP contribution in [0.1, 0.15) is 5.56 Å². The van der Waals surface area contributed by atoms with Gasteiger partial charge < -0.3 is 19.9 Å². The number of H-pyrrole nitrogens is 1. The van der Waals surface area contributed by atoms with Gasteiger partial charge in [-0.1, -0.05) is 12.1 Å². The zero-order valence-corrected chi connectivity index (χ0v) is 16.2. The van der Waals surface area contributed by atoms with E-state index >= 15 is 0 Å². The summed E-state index contributed by atoms with van der Waals surface area (Å²) in [5.74, 6) is 2.44. The molecule has 4 aromatic rings. The lowest BCUT2D eigenvalue weighted by atomic mass is 10.2. The molecule has 2 aromatic heterocycles. The van der Waals surface area contributed by atoms with Gasteiger partial charge in [0.15, 0.2) is 5.82 Å². The molecule has 2 N–H and O–H groups in total. The van der Waals surface area contributed by atoms with Gasteiger partial charge in [-0.25, -0.2) is 15.0 Å². The van der Waals surface area contributed by atoms with E-state index in [2.05, 4.69) is 32.1 Å². The Kier molecular flexibility index (Phi) is 4.57. The van der Waals surface area contributed by atoms with Crippen molar-refractivity contribution >= 4 is 28.5 Å². The summed E-state index contributed by atoms with van der Waals surface area (Å²) < 4.78 is 5.46. The van der Waals surface area contributed by atoms with Gasteiger partial charge in [0, 0.05) is 36.1 Å². The van der Waals surface area contributed by atoms with Crippen LogP contribution < -0.4 is 10.2 Å². The predicted octanol–water partition coefficient (Wildman–Crippen LogP) is 3.91. The molecule has 0 bridgehead atoms. The van der Waals surface area contributed by atoms with Crippen LogP contribution in [0, 0.1) is 6.92 Å². The second-order valence-electron chi connectivity index (χ2n) is 7.10. The first-order valence-corrected chi connectivity index (χ1v) is 9.75. The number of nitrogens with zero attached hydrogens (tertiary/aromatic N) is 4. The highest BCUT2D eigenvalue weighted by Gasteiger charge is 2.16. The summed E-state index contributed by atoms with van der Waals surface area (Å²) >= 11 is 0. The highest BCUT2D eigenvalue weighted by molar-refractivity contribution is 5.78. The number of aromatic amines is 1. The van der Waals surface area contributed by atoms with Crippen LogP contribution in [0.15, 0.2) is 54.7 Å². The van der Waals surface area contributed by atoms with Gasteiger partial charge in [-0.2, -0.15) is 0 Å². The maximum Gasteiger partial charge on any atom is 0.205 e. The molecule has 7 nitrogen and oxygen atoms in total. The van der Waals surface area contributed by atoms with Crippen LogP contribution >= 0.6 is 0 Å². The lowest BCUT2D eigenvalue weighted by Gasteiger charge is -2.29. The van der Waals surface area contributed by atoms with Gasteiger partial charge in [-0.05, 0) is 43.3 Å². The summed E-state index contributed by atoms with van der Waals surface area (Å²) in [5.41, 5.74) is 4.97. The molecule has 0 spiro atoms. The van der Waals surface area contributed by atoms with E-state index in [0.717, 1.165) is 71.7 Å². The number of hydrogen-bond donors (Lipinski definition) is 2. The lowest BCUT2D eigenvalue weighted by molar-refractivity contribution is 0.122. The molecule has 0 saturated carbocycles. The molecule has 146 valence electrons. The Morgan fingerprint density at radius 2 is 1.79 bits per heavy atom. The number of aromatic nitrogens is 4. The zero-order chi connectivity index (χ0) is 19.6. The highest BCUT2D eigenvalue weighted by Crippen LogP contribution is 2.25. The maximum absolute atomic E-state index is 5.46. The summed E-state index contributed by atoms with van der Waals surface area (Å²) in [5, 5.41) is 3.31. The maximum atomic E-state index is 5.46. The predicted molar refractivity (Wildman–Crippen MR) is 115 cm³/mol. The number of fused-ring (bicyclic) bond motifs is 1. The van der Waals surface area contributed by atoms with Crippen molar-refractivity contribution in [1.82, 2.24) is 19.9 Å². The molecule has 29 heavy (non-hydrogen) atoms. The van der Waals surface area contributed by atoms with Gasteiger partial charge in [0.2, 0.25) is 5.95 Å². The highest BCUT2D eigenvalue weighted by atomic mass is 16.5. The van der Waals surface area contributed by atoms with Crippen molar-refractivity contribution in [3.05, 3.63) is 60.3 Å². The molecule has 5 rings (SSSR count). The Labute approximate surface area is 168 Å². The number of anilines is 3. The third-order valence-corrected chi connectivity index (χ3v) is 5.05. The van der Waals surface area contributed by atoms with Crippen LogP contribution in [0.3, 0.4) is 0 Å². The topological polar surface area (TPSA) is 79.0 Å². The first-order valence-electron chi connectivity index (χ1n) is 9.75. The van der Waals surface area contributed by atoms with E-state index in [-0.39, 0.29) is 0 Å². The van der Waals surface area contributed by atoms with Crippen molar-refractivity contribution in [1.29, 1.82) is 0 Å². The van der Waals surface area contributed by atoms with Crippen molar-refractivity contribution in [3.8, 4) is 11.4 Å². The molecular weight excluding hydrogens is 364 g/mol. The number of morpholine rings is 1. The van der Waals surface area contributed by atoms with Crippen molar-refractivity contribution in [2.45, 2.75) is 6.92 Å². The molecule has 0 atom stereocenters. The van der Waals surface area contributed by atoms with Gasteiger partial charge in [-0.15, -0.1) is 0 Å². The molecular formula is C22H22N6O. The Bertz CT molecular complexity index is 1100. The monoisotopic (exact) mass is 386 g/mol. The second kappa shape index (κ2) is 7.52. The van der Waals surface area contributed by atoms with Crippen molar-refractivity contribution < 1.29 is 4.74 Å². The average molecular weight is 386 g/mol. The fourth-order valence-electron chi connectivity index (χ4n) is 3.52. The molecule has 1 saturated heterocycles. The minimum atomic E-state index is 0.722. The fourth-order valence-corrected chi connectivity index (χ4v) is 3.52. The quantitative estimate of drug-likeness (QED) is 0.554. The van der Waals surface area contributed by atoms with E-state index in [9.17, 15) is 0 Å². The number of benzene rings is 2. The number of rotatable bonds is 4. The van der Waals surface area contributed by atoms with E-state index in [1.54, 1.807) is 0 Å². The van der Waals surface area contributed by atoms with Crippen LogP contribution in [-0.2, 0) is 4.74 Å². The number of aryl methyl sites for hydroxylation is 1. The summed E-state index contributed by atoms with van der Waals surface area (Å²) in [7, 11) is 0. The fraction of sp³-hybridized carbons (Fsp3) is 0.227. The summed E-state index contributed by atoms with van der Waals surface area (Å²) in [6, 6.07) is 16.1. The Morgan fingerprint density at radius 3 is 2.59 bits per heavy atom. The van der Waals surface area contributed by atoms with Crippen molar-refractivity contribution in [2.75, 3.05) is 36.5 Å². The molecule has 2 aromatic carbocycles. The summed E-state index contributed by atoms with van der Waals surface area (Å²) in [6.07, 6.45) is 1.90. The molecule has 7 heteroatoms. The molecule has 1 fully saturated rings. The van der Waals surface area contributed by atoms with Gasteiger partial charge >= 0.3 is 0 Å². The minimum Gasteiger partial charge on any atom is -0.378 e. The number of para-hydroxylation sites is 2. The molecule has 0 amide bonds. The van der Waals surface area contributed by atoms with Crippen LogP contribution in [-0.4, -0.2) is 46.2 Å². The van der Waals surface area contributed by atoms with Gasteiger partial charge in [0.1, 0.15) is 5.82 Å². The molecule has 0 aliphatic carbocycles. The first-order chi connectivity index (χ1) is 14.3. The minimum absolute atomic E-state index is 0.722. The normalized spacial score (nSPS) is 14.3. The summed E-state index contributed by atoms with van der Waals surface area (Å²) in [6.45, 7) is 5.24. The molecule has 0 radical (unpaired) electrons. The lowest BCUT2D eigenvalue weighted by Crippen LogP contribution is -2.37. The standard InChI is InChI=1S/C22H22N6O/c1-15-14-23-20(27-21(15)28-10-12-29-13-11-28)16-6-8-17(9-7-16)24-22-25-18-4-2-3-5-19(18)26-22/h2-9,14H,10-13H2,1H3,(H2,24,25,26). The van der Waals surface area contributed by atoms with Crippen LogP contribution in [0.5, 0.6) is 0 Å². The number of nitrogens with one attached hydrogen (secondary N) is 2. The van der Waals surface area contributed by atoms with Crippen LogP contribution in [0.2, 0.25) is 0 Å². The van der Waals surface area contributed by atoms with Gasteiger partial charge in [0.25, 0.3) is 0 Å². The zero-order valence-electron chi connectivity index (χ0n) is 16.2. The average Bonchev–Trinajstić information content (AvgIpc) is 3.18.